The number of hydrogen-bond acceptors (Lipinski definition) is 6. The first-order valence-electron chi connectivity index (χ1n) is 9.83. The van der Waals surface area contributed by atoms with Crippen molar-refractivity contribution >= 4 is 39.2 Å². The van der Waals surface area contributed by atoms with Gasteiger partial charge in [0, 0.05) is 10.6 Å². The van der Waals surface area contributed by atoms with Crippen LogP contribution in [-0.2, 0) is 10.0 Å². The molecule has 4 aromatic rings. The summed E-state index contributed by atoms with van der Waals surface area (Å²) in [4.78, 5) is 12.9. The molecular weight excluding hydrogens is 464 g/mol. The summed E-state index contributed by atoms with van der Waals surface area (Å²) in [7, 11) is -3.94. The van der Waals surface area contributed by atoms with Crippen molar-refractivity contribution < 1.29 is 17.6 Å². The van der Waals surface area contributed by atoms with Crippen LogP contribution in [0.5, 0.6) is 0 Å². The monoisotopic (exact) mass is 482 g/mol. The fourth-order valence-electron chi connectivity index (χ4n) is 3.10. The number of carbonyl (C=O) groups excluding carboxylic acids is 1. The zero-order chi connectivity index (χ0) is 23.6. The summed E-state index contributed by atoms with van der Waals surface area (Å²) in [5.74, 6) is -0.344. The Morgan fingerprint density at radius 1 is 0.970 bits per heavy atom. The van der Waals surface area contributed by atoms with E-state index < -0.39 is 15.9 Å². The minimum atomic E-state index is -3.94. The lowest BCUT2D eigenvalue weighted by atomic mass is 10.1. The summed E-state index contributed by atoms with van der Waals surface area (Å²) < 4.78 is 33.5. The first kappa shape index (κ1) is 22.5. The van der Waals surface area contributed by atoms with Gasteiger partial charge < -0.3 is 4.42 Å². The Morgan fingerprint density at radius 3 is 2.45 bits per heavy atom. The Labute approximate surface area is 195 Å². The van der Waals surface area contributed by atoms with Crippen molar-refractivity contribution in [3.63, 3.8) is 0 Å². The molecule has 0 bridgehead atoms. The number of aromatic nitrogens is 2. The molecule has 0 aliphatic heterocycles. The van der Waals surface area contributed by atoms with Crippen molar-refractivity contribution in [2.75, 3.05) is 10.0 Å². The molecule has 3 aromatic carbocycles. The van der Waals surface area contributed by atoms with Gasteiger partial charge in [-0.15, -0.1) is 5.10 Å². The molecule has 2 N–H and O–H groups in total. The van der Waals surface area contributed by atoms with E-state index in [0.717, 1.165) is 16.7 Å². The number of halogens is 1. The van der Waals surface area contributed by atoms with Gasteiger partial charge in [-0.1, -0.05) is 46.5 Å². The number of aryl methyl sites for hydroxylation is 2. The molecule has 0 spiro atoms. The van der Waals surface area contributed by atoms with Crippen LogP contribution in [-0.4, -0.2) is 24.5 Å². The van der Waals surface area contributed by atoms with Gasteiger partial charge in [0.2, 0.25) is 5.89 Å². The first-order chi connectivity index (χ1) is 15.7. The maximum Gasteiger partial charge on any atom is 0.322 e. The van der Waals surface area contributed by atoms with Gasteiger partial charge in [0.05, 0.1) is 16.1 Å². The lowest BCUT2D eigenvalue weighted by Crippen LogP contribution is -2.18. The van der Waals surface area contributed by atoms with E-state index in [4.69, 9.17) is 16.0 Å². The van der Waals surface area contributed by atoms with Crippen molar-refractivity contribution in [3.8, 4) is 11.5 Å². The van der Waals surface area contributed by atoms with Crippen LogP contribution in [0.15, 0.2) is 76.0 Å². The van der Waals surface area contributed by atoms with Gasteiger partial charge in [0.15, 0.2) is 0 Å². The first-order valence-corrected chi connectivity index (χ1v) is 11.7. The maximum absolute atomic E-state index is 12.9. The van der Waals surface area contributed by atoms with Gasteiger partial charge in [-0.05, 0) is 61.9 Å². The number of anilines is 2. The van der Waals surface area contributed by atoms with E-state index >= 15 is 0 Å². The van der Waals surface area contributed by atoms with Gasteiger partial charge >= 0.3 is 6.01 Å². The molecule has 4 rings (SSSR count). The standard InChI is InChI=1S/C23H19ClN4O4S/c1-14-7-8-15(2)19(13-14)22-26-27-23(32-22)25-21(29)18-5-3-4-6-20(18)28-33(30,31)17-11-9-16(24)10-12-17/h3-13,28H,1-2H3,(H,25,27,29). The van der Waals surface area contributed by atoms with Crippen LogP contribution in [0.4, 0.5) is 11.7 Å². The number of rotatable bonds is 6. The Morgan fingerprint density at radius 2 is 1.70 bits per heavy atom. The van der Waals surface area contributed by atoms with Crippen LogP contribution in [0.1, 0.15) is 21.5 Å². The van der Waals surface area contributed by atoms with Crippen molar-refractivity contribution in [2.45, 2.75) is 18.7 Å². The highest BCUT2D eigenvalue weighted by molar-refractivity contribution is 7.92. The average Bonchev–Trinajstić information content (AvgIpc) is 3.24. The molecule has 0 aliphatic carbocycles. The topological polar surface area (TPSA) is 114 Å². The Balaban J connectivity index is 1.56. The largest absolute Gasteiger partial charge is 0.403 e. The third-order valence-electron chi connectivity index (χ3n) is 4.81. The molecule has 0 fully saturated rings. The lowest BCUT2D eigenvalue weighted by Gasteiger charge is -2.12. The number of carbonyl (C=O) groups is 1. The molecule has 0 aliphatic rings. The number of sulfonamides is 1. The predicted octanol–water partition coefficient (Wildman–Crippen LogP) is 5.06. The third-order valence-corrected chi connectivity index (χ3v) is 6.44. The second-order valence-corrected chi connectivity index (χ2v) is 9.41. The minimum Gasteiger partial charge on any atom is -0.403 e. The summed E-state index contributed by atoms with van der Waals surface area (Å²) >= 11 is 5.83. The molecule has 8 nitrogen and oxygen atoms in total. The summed E-state index contributed by atoms with van der Waals surface area (Å²) in [5, 5.41) is 10.8. The fraction of sp³-hybridized carbons (Fsp3) is 0.0870. The zero-order valence-corrected chi connectivity index (χ0v) is 19.2. The van der Waals surface area contributed by atoms with Gasteiger partial charge in [-0.3, -0.25) is 14.8 Å². The van der Waals surface area contributed by atoms with E-state index in [1.807, 2.05) is 32.0 Å². The molecule has 0 unspecified atom stereocenters. The highest BCUT2D eigenvalue weighted by Crippen LogP contribution is 2.26. The van der Waals surface area contributed by atoms with Crippen LogP contribution in [0.25, 0.3) is 11.5 Å². The van der Waals surface area contributed by atoms with Crippen molar-refractivity contribution in [1.29, 1.82) is 0 Å². The van der Waals surface area contributed by atoms with E-state index in [9.17, 15) is 13.2 Å². The number of benzene rings is 3. The number of nitrogens with one attached hydrogen (secondary N) is 2. The Kier molecular flexibility index (Phi) is 6.17. The molecule has 1 aromatic heterocycles. The highest BCUT2D eigenvalue weighted by atomic mass is 35.5. The quantitative estimate of drug-likeness (QED) is 0.397. The normalized spacial score (nSPS) is 11.2. The van der Waals surface area contributed by atoms with Gasteiger partial charge in [0.25, 0.3) is 15.9 Å². The average molecular weight is 483 g/mol. The van der Waals surface area contributed by atoms with Crippen LogP contribution in [0.2, 0.25) is 5.02 Å². The number of amides is 1. The zero-order valence-electron chi connectivity index (χ0n) is 17.7. The number of nitrogens with zero attached hydrogens (tertiary/aromatic N) is 2. The van der Waals surface area contributed by atoms with Crippen molar-refractivity contribution in [1.82, 2.24) is 10.2 Å². The minimum absolute atomic E-state index is 0.0113. The molecular formula is C23H19ClN4O4S. The van der Waals surface area contributed by atoms with E-state index in [1.165, 1.54) is 36.4 Å². The Hall–Kier alpha value is -3.69. The molecule has 33 heavy (non-hydrogen) atoms. The predicted molar refractivity (Wildman–Crippen MR) is 126 cm³/mol. The van der Waals surface area contributed by atoms with Crippen LogP contribution in [0, 0.1) is 13.8 Å². The van der Waals surface area contributed by atoms with Gasteiger partial charge in [-0.2, -0.15) is 0 Å². The smallest absolute Gasteiger partial charge is 0.322 e. The summed E-state index contributed by atoms with van der Waals surface area (Å²) in [6.45, 7) is 3.87. The van der Waals surface area contributed by atoms with E-state index in [2.05, 4.69) is 20.2 Å². The van der Waals surface area contributed by atoms with Gasteiger partial charge in [0.1, 0.15) is 0 Å². The number of hydrogen-bond donors (Lipinski definition) is 2. The molecule has 0 saturated heterocycles. The van der Waals surface area contributed by atoms with Crippen LogP contribution in [0.3, 0.4) is 0 Å². The molecule has 1 amide bonds. The molecule has 168 valence electrons. The molecule has 0 saturated carbocycles. The SMILES string of the molecule is Cc1ccc(C)c(-c2nnc(NC(=O)c3ccccc3NS(=O)(=O)c3ccc(Cl)cc3)o2)c1. The second kappa shape index (κ2) is 9.05. The number of para-hydroxylation sites is 1. The summed E-state index contributed by atoms with van der Waals surface area (Å²) in [6, 6.07) is 17.6. The maximum atomic E-state index is 12.9. The summed E-state index contributed by atoms with van der Waals surface area (Å²) in [6.07, 6.45) is 0. The second-order valence-electron chi connectivity index (χ2n) is 7.29. The fourth-order valence-corrected chi connectivity index (χ4v) is 4.31. The molecule has 0 atom stereocenters. The Bertz CT molecular complexity index is 1430. The van der Waals surface area contributed by atoms with Crippen molar-refractivity contribution in [3.05, 3.63) is 88.4 Å². The van der Waals surface area contributed by atoms with Crippen LogP contribution >= 0.6 is 11.6 Å². The van der Waals surface area contributed by atoms with Crippen LogP contribution < -0.4 is 10.0 Å². The van der Waals surface area contributed by atoms with E-state index in [0.29, 0.717) is 5.02 Å². The van der Waals surface area contributed by atoms with Crippen molar-refractivity contribution in [2.24, 2.45) is 0 Å². The van der Waals surface area contributed by atoms with Gasteiger partial charge in [-0.25, -0.2) is 8.42 Å². The highest BCUT2D eigenvalue weighted by Gasteiger charge is 2.20. The molecule has 1 heterocycles. The van der Waals surface area contributed by atoms with E-state index in [1.54, 1.807) is 12.1 Å². The lowest BCUT2D eigenvalue weighted by molar-refractivity contribution is 0.102. The molecule has 0 radical (unpaired) electrons. The molecule has 10 heteroatoms. The van der Waals surface area contributed by atoms with E-state index in [-0.39, 0.29) is 28.1 Å². The third kappa shape index (κ3) is 5.05. The summed E-state index contributed by atoms with van der Waals surface area (Å²) in [5.41, 5.74) is 2.92.